The SMILES string of the molecule is CN1[C]N(CN2[C]N(c3ccccc3)C=C2)C=C1. The summed E-state index contributed by atoms with van der Waals surface area (Å²) >= 11 is 0. The fourth-order valence-corrected chi connectivity index (χ4v) is 1.86. The average molecular weight is 238 g/mol. The molecule has 4 radical (unpaired) electrons. The fraction of sp³-hybridized carbons (Fsp3) is 0.143. The fourth-order valence-electron chi connectivity index (χ4n) is 1.86. The van der Waals surface area contributed by atoms with Crippen molar-refractivity contribution in [3.05, 3.63) is 68.5 Å². The molecular weight excluding hydrogens is 224 g/mol. The average Bonchev–Trinajstić information content (AvgIpc) is 3.01. The van der Waals surface area contributed by atoms with Crippen LogP contribution in [0.25, 0.3) is 0 Å². The van der Waals surface area contributed by atoms with Gasteiger partial charge in [0.25, 0.3) is 0 Å². The van der Waals surface area contributed by atoms with Gasteiger partial charge in [-0.25, -0.2) is 0 Å². The van der Waals surface area contributed by atoms with Gasteiger partial charge in [-0.05, 0) is 12.1 Å². The molecule has 4 heteroatoms. The Hall–Kier alpha value is -2.10. The number of rotatable bonds is 3. The summed E-state index contributed by atoms with van der Waals surface area (Å²) in [5, 5.41) is 0. The van der Waals surface area contributed by atoms with Gasteiger partial charge in [-0.15, -0.1) is 0 Å². The Bertz CT molecular complexity index is 454. The topological polar surface area (TPSA) is 13.0 Å². The molecule has 1 aromatic carbocycles. The van der Waals surface area contributed by atoms with Crippen LogP contribution in [0.5, 0.6) is 0 Å². The van der Waals surface area contributed by atoms with Crippen molar-refractivity contribution in [3.8, 4) is 0 Å². The standard InChI is InChI=1S/C14H14N4/c1-15-7-8-16(11-15)12-17-9-10-18(13-17)14-5-3-2-4-6-14/h2-10H,12H2,1H3. The van der Waals surface area contributed by atoms with E-state index in [2.05, 4.69) is 25.5 Å². The van der Waals surface area contributed by atoms with Crippen LogP contribution >= 0.6 is 0 Å². The van der Waals surface area contributed by atoms with Crippen molar-refractivity contribution in [1.82, 2.24) is 14.7 Å². The predicted octanol–water partition coefficient (Wildman–Crippen LogP) is 1.95. The molecular formula is C14H14N4. The van der Waals surface area contributed by atoms with Crippen molar-refractivity contribution in [2.75, 3.05) is 18.6 Å². The highest BCUT2D eigenvalue weighted by molar-refractivity contribution is 5.52. The molecule has 0 atom stereocenters. The van der Waals surface area contributed by atoms with E-state index in [1.165, 1.54) is 0 Å². The minimum absolute atomic E-state index is 0.709. The van der Waals surface area contributed by atoms with Crippen molar-refractivity contribution in [3.63, 3.8) is 0 Å². The summed E-state index contributed by atoms with van der Waals surface area (Å²) in [7, 11) is 1.96. The van der Waals surface area contributed by atoms with Gasteiger partial charge in [0.1, 0.15) is 0 Å². The van der Waals surface area contributed by atoms with Gasteiger partial charge in [0.05, 0.1) is 6.67 Å². The lowest BCUT2D eigenvalue weighted by atomic mass is 10.3. The van der Waals surface area contributed by atoms with Crippen molar-refractivity contribution < 1.29 is 0 Å². The maximum atomic E-state index is 3.27. The lowest BCUT2D eigenvalue weighted by Gasteiger charge is -2.23. The Morgan fingerprint density at radius 3 is 2.33 bits per heavy atom. The third-order valence-electron chi connectivity index (χ3n) is 2.73. The van der Waals surface area contributed by atoms with Gasteiger partial charge in [0.2, 0.25) is 13.3 Å². The van der Waals surface area contributed by atoms with Gasteiger partial charge < -0.3 is 19.6 Å². The zero-order valence-electron chi connectivity index (χ0n) is 10.2. The Kier molecular flexibility index (Phi) is 2.84. The van der Waals surface area contributed by atoms with Crippen LogP contribution < -0.4 is 4.90 Å². The lowest BCUT2D eigenvalue weighted by Crippen LogP contribution is -2.29. The zero-order valence-corrected chi connectivity index (χ0v) is 10.2. The first-order chi connectivity index (χ1) is 8.81. The summed E-state index contributed by atoms with van der Waals surface area (Å²) in [5.74, 6) is 0. The first kappa shape index (κ1) is 11.0. The first-order valence-electron chi connectivity index (χ1n) is 5.81. The van der Waals surface area contributed by atoms with Crippen LogP contribution in [0.4, 0.5) is 5.69 Å². The Balaban J connectivity index is 1.57. The van der Waals surface area contributed by atoms with Gasteiger partial charge in [-0.1, -0.05) is 18.2 Å². The highest BCUT2D eigenvalue weighted by Crippen LogP contribution is 2.22. The van der Waals surface area contributed by atoms with E-state index in [9.17, 15) is 0 Å². The van der Waals surface area contributed by atoms with Gasteiger partial charge >= 0.3 is 0 Å². The monoisotopic (exact) mass is 238 g/mol. The maximum Gasteiger partial charge on any atom is 0.214 e. The van der Waals surface area contributed by atoms with Crippen LogP contribution in [0.15, 0.2) is 55.1 Å². The normalized spacial score (nSPS) is 18.3. The molecule has 18 heavy (non-hydrogen) atoms. The minimum Gasteiger partial charge on any atom is -0.349 e. The van der Waals surface area contributed by atoms with Crippen LogP contribution in [0.2, 0.25) is 0 Å². The summed E-state index contributed by atoms with van der Waals surface area (Å²) in [6.07, 6.45) is 7.95. The van der Waals surface area contributed by atoms with Crippen LogP contribution in [-0.2, 0) is 0 Å². The maximum absolute atomic E-state index is 3.27. The molecule has 0 amide bonds. The molecule has 2 aliphatic rings. The second-order valence-electron chi connectivity index (χ2n) is 4.19. The molecule has 0 fully saturated rings. The van der Waals surface area contributed by atoms with Gasteiger partial charge in [-0.3, -0.25) is 0 Å². The second kappa shape index (κ2) is 4.64. The Morgan fingerprint density at radius 1 is 0.889 bits per heavy atom. The summed E-state index contributed by atoms with van der Waals surface area (Å²) in [6.45, 7) is 7.14. The van der Waals surface area contributed by atoms with Crippen molar-refractivity contribution in [2.24, 2.45) is 0 Å². The molecule has 0 saturated carbocycles. The van der Waals surface area contributed by atoms with E-state index in [0.717, 1.165) is 5.69 Å². The molecule has 0 saturated heterocycles. The van der Waals surface area contributed by atoms with Crippen LogP contribution in [-0.4, -0.2) is 28.4 Å². The Morgan fingerprint density at radius 2 is 1.61 bits per heavy atom. The van der Waals surface area contributed by atoms with E-state index in [0.29, 0.717) is 6.67 Å². The zero-order chi connectivity index (χ0) is 12.4. The quantitative estimate of drug-likeness (QED) is 0.798. The van der Waals surface area contributed by atoms with E-state index in [-0.39, 0.29) is 0 Å². The van der Waals surface area contributed by atoms with Gasteiger partial charge in [0, 0.05) is 37.5 Å². The van der Waals surface area contributed by atoms with E-state index < -0.39 is 0 Å². The van der Waals surface area contributed by atoms with E-state index in [1.54, 1.807) is 0 Å². The van der Waals surface area contributed by atoms with Crippen LogP contribution in [0.3, 0.4) is 0 Å². The number of hydrogen-bond donors (Lipinski definition) is 0. The first-order valence-corrected chi connectivity index (χ1v) is 5.81. The number of benzene rings is 1. The number of nitrogens with zero attached hydrogens (tertiary/aromatic N) is 4. The second-order valence-corrected chi connectivity index (χ2v) is 4.19. The summed E-state index contributed by atoms with van der Waals surface area (Å²) < 4.78 is 0. The van der Waals surface area contributed by atoms with E-state index in [4.69, 9.17) is 0 Å². The largest absolute Gasteiger partial charge is 0.349 e. The number of para-hydroxylation sites is 1. The summed E-state index contributed by atoms with van der Waals surface area (Å²) in [5.41, 5.74) is 1.11. The smallest absolute Gasteiger partial charge is 0.214 e. The minimum atomic E-state index is 0.709. The molecule has 0 unspecified atom stereocenters. The number of hydrogen-bond acceptors (Lipinski definition) is 4. The van der Waals surface area contributed by atoms with E-state index >= 15 is 0 Å². The molecule has 4 nitrogen and oxygen atoms in total. The molecule has 1 aromatic rings. The van der Waals surface area contributed by atoms with Crippen molar-refractivity contribution >= 4 is 5.69 Å². The summed E-state index contributed by atoms with van der Waals surface area (Å²) in [4.78, 5) is 7.84. The lowest BCUT2D eigenvalue weighted by molar-refractivity contribution is 0.276. The highest BCUT2D eigenvalue weighted by atomic mass is 15.4. The molecule has 0 aliphatic carbocycles. The molecule has 3 rings (SSSR count). The highest BCUT2D eigenvalue weighted by Gasteiger charge is 2.19. The molecule has 0 aromatic heterocycles. The molecule has 0 N–H and O–H groups in total. The van der Waals surface area contributed by atoms with Crippen LogP contribution in [0, 0.1) is 13.3 Å². The molecule has 90 valence electrons. The van der Waals surface area contributed by atoms with E-state index in [1.807, 2.05) is 69.6 Å². The van der Waals surface area contributed by atoms with Crippen molar-refractivity contribution in [2.45, 2.75) is 0 Å². The Labute approximate surface area is 108 Å². The van der Waals surface area contributed by atoms with Crippen LogP contribution in [0.1, 0.15) is 0 Å². The third kappa shape index (κ3) is 2.27. The number of anilines is 1. The van der Waals surface area contributed by atoms with Crippen molar-refractivity contribution in [1.29, 1.82) is 0 Å². The predicted molar refractivity (Wildman–Crippen MR) is 70.0 cm³/mol. The third-order valence-corrected chi connectivity index (χ3v) is 2.73. The molecule has 2 aliphatic heterocycles. The molecule has 0 spiro atoms. The van der Waals surface area contributed by atoms with Gasteiger partial charge in [0.15, 0.2) is 0 Å². The molecule has 0 bridgehead atoms. The molecule has 2 heterocycles. The summed E-state index contributed by atoms with van der Waals surface area (Å²) in [6, 6.07) is 10.2. The van der Waals surface area contributed by atoms with Gasteiger partial charge in [-0.2, -0.15) is 0 Å².